The molecule has 2 nitrogen and oxygen atoms in total. The maximum Gasteiger partial charge on any atom is 0.310 e. The van der Waals surface area contributed by atoms with Crippen molar-refractivity contribution in [2.24, 2.45) is 5.92 Å². The summed E-state index contributed by atoms with van der Waals surface area (Å²) in [6.07, 6.45) is 2.97. The van der Waals surface area contributed by atoms with Gasteiger partial charge in [-0.2, -0.15) is 0 Å². The van der Waals surface area contributed by atoms with Crippen molar-refractivity contribution < 1.29 is 9.53 Å². The molecule has 3 rings (SSSR count). The molecule has 2 atom stereocenters. The summed E-state index contributed by atoms with van der Waals surface area (Å²) in [5.74, 6) is -0.133. The molecule has 112 valence electrons. The van der Waals surface area contributed by atoms with Crippen LogP contribution < -0.4 is 0 Å². The van der Waals surface area contributed by atoms with Crippen LogP contribution >= 0.6 is 0 Å². The summed E-state index contributed by atoms with van der Waals surface area (Å²) in [4.78, 5) is 12.4. The van der Waals surface area contributed by atoms with Crippen LogP contribution in [0.2, 0.25) is 0 Å². The van der Waals surface area contributed by atoms with Crippen molar-refractivity contribution in [2.75, 3.05) is 6.61 Å². The lowest BCUT2D eigenvalue weighted by Gasteiger charge is -2.18. The van der Waals surface area contributed by atoms with Gasteiger partial charge in [-0.15, -0.1) is 0 Å². The van der Waals surface area contributed by atoms with E-state index in [0.717, 1.165) is 6.42 Å². The van der Waals surface area contributed by atoms with E-state index in [1.165, 1.54) is 16.7 Å². The van der Waals surface area contributed by atoms with E-state index in [1.54, 1.807) is 0 Å². The molecule has 0 amide bonds. The first-order chi connectivity index (χ1) is 10.8. The Morgan fingerprint density at radius 1 is 1.05 bits per heavy atom. The van der Waals surface area contributed by atoms with Crippen LogP contribution in [0.5, 0.6) is 0 Å². The highest BCUT2D eigenvalue weighted by Gasteiger charge is 2.35. The quantitative estimate of drug-likeness (QED) is 0.779. The first-order valence-electron chi connectivity index (χ1n) is 7.77. The van der Waals surface area contributed by atoms with Crippen LogP contribution in [0, 0.1) is 5.92 Å². The second-order valence-corrected chi connectivity index (χ2v) is 5.56. The van der Waals surface area contributed by atoms with Crippen molar-refractivity contribution >= 4 is 11.5 Å². The standard InChI is InChI=1S/C20H20O2/c1-2-22-20(21)19-14-17(15-9-5-3-6-10-15)13-18(19)16-11-7-4-8-12-16/h3-13,18-19H,2,14H2,1H3. The lowest BCUT2D eigenvalue weighted by atomic mass is 9.88. The average Bonchev–Trinajstić information content (AvgIpc) is 3.02. The average molecular weight is 292 g/mol. The van der Waals surface area contributed by atoms with Crippen LogP contribution in [0.1, 0.15) is 30.4 Å². The molecule has 2 heteroatoms. The van der Waals surface area contributed by atoms with Crippen molar-refractivity contribution in [2.45, 2.75) is 19.3 Å². The summed E-state index contributed by atoms with van der Waals surface area (Å²) in [5.41, 5.74) is 3.59. The maximum absolute atomic E-state index is 12.4. The van der Waals surface area contributed by atoms with Crippen LogP contribution in [0.3, 0.4) is 0 Å². The molecule has 0 N–H and O–H groups in total. The number of carbonyl (C=O) groups is 1. The van der Waals surface area contributed by atoms with Crippen molar-refractivity contribution in [1.29, 1.82) is 0 Å². The van der Waals surface area contributed by atoms with E-state index in [9.17, 15) is 4.79 Å². The highest BCUT2D eigenvalue weighted by Crippen LogP contribution is 2.42. The number of allylic oxidation sites excluding steroid dienone is 2. The first-order valence-corrected chi connectivity index (χ1v) is 7.77. The number of esters is 1. The van der Waals surface area contributed by atoms with Gasteiger partial charge in [-0.05, 0) is 30.0 Å². The zero-order valence-electron chi connectivity index (χ0n) is 12.7. The predicted molar refractivity (Wildman–Crippen MR) is 88.3 cm³/mol. The molecule has 0 saturated carbocycles. The van der Waals surface area contributed by atoms with E-state index in [2.05, 4.69) is 30.3 Å². The van der Waals surface area contributed by atoms with Gasteiger partial charge >= 0.3 is 5.97 Å². The molecular weight excluding hydrogens is 272 g/mol. The smallest absolute Gasteiger partial charge is 0.310 e. The fraction of sp³-hybridized carbons (Fsp3) is 0.250. The molecule has 22 heavy (non-hydrogen) atoms. The molecule has 0 saturated heterocycles. The Morgan fingerprint density at radius 2 is 1.68 bits per heavy atom. The maximum atomic E-state index is 12.4. The largest absolute Gasteiger partial charge is 0.466 e. The molecule has 0 heterocycles. The molecule has 2 unspecified atom stereocenters. The van der Waals surface area contributed by atoms with Gasteiger partial charge in [0.2, 0.25) is 0 Å². The van der Waals surface area contributed by atoms with Gasteiger partial charge in [-0.1, -0.05) is 66.7 Å². The normalized spacial score (nSPS) is 20.5. The number of ether oxygens (including phenoxy) is 1. The molecule has 0 aliphatic heterocycles. The van der Waals surface area contributed by atoms with Gasteiger partial charge in [-0.25, -0.2) is 0 Å². The molecular formula is C20H20O2. The van der Waals surface area contributed by atoms with Gasteiger partial charge in [0.25, 0.3) is 0 Å². The van der Waals surface area contributed by atoms with Crippen LogP contribution in [0.4, 0.5) is 0 Å². The van der Waals surface area contributed by atoms with Gasteiger partial charge in [0.15, 0.2) is 0 Å². The van der Waals surface area contributed by atoms with E-state index in [1.807, 2.05) is 43.3 Å². The van der Waals surface area contributed by atoms with E-state index in [4.69, 9.17) is 4.74 Å². The highest BCUT2D eigenvalue weighted by atomic mass is 16.5. The minimum atomic E-state index is -0.127. The fourth-order valence-corrected chi connectivity index (χ4v) is 3.11. The number of benzene rings is 2. The number of carbonyl (C=O) groups excluding carboxylic acids is 1. The fourth-order valence-electron chi connectivity index (χ4n) is 3.11. The highest BCUT2D eigenvalue weighted by molar-refractivity contribution is 5.82. The summed E-state index contributed by atoms with van der Waals surface area (Å²) in [7, 11) is 0. The Balaban J connectivity index is 1.94. The lowest BCUT2D eigenvalue weighted by Crippen LogP contribution is -2.20. The Hall–Kier alpha value is -2.35. The van der Waals surface area contributed by atoms with E-state index >= 15 is 0 Å². The predicted octanol–water partition coefficient (Wildman–Crippen LogP) is 4.44. The molecule has 0 radical (unpaired) electrons. The van der Waals surface area contributed by atoms with Gasteiger partial charge in [-0.3, -0.25) is 4.79 Å². The number of rotatable bonds is 4. The molecule has 0 fully saturated rings. The summed E-state index contributed by atoms with van der Waals surface area (Å²) >= 11 is 0. The second kappa shape index (κ2) is 6.61. The second-order valence-electron chi connectivity index (χ2n) is 5.56. The third-order valence-electron chi connectivity index (χ3n) is 4.17. The van der Waals surface area contributed by atoms with Gasteiger partial charge in [0, 0.05) is 5.92 Å². The summed E-state index contributed by atoms with van der Waals surface area (Å²) in [5, 5.41) is 0. The van der Waals surface area contributed by atoms with Crippen LogP contribution in [0.15, 0.2) is 66.7 Å². The van der Waals surface area contributed by atoms with Crippen LogP contribution in [-0.2, 0) is 9.53 Å². The molecule has 2 aromatic rings. The summed E-state index contributed by atoms with van der Waals surface area (Å²) < 4.78 is 5.29. The Kier molecular flexibility index (Phi) is 4.38. The summed E-state index contributed by atoms with van der Waals surface area (Å²) in [6, 6.07) is 20.5. The van der Waals surface area contributed by atoms with Crippen LogP contribution in [0.25, 0.3) is 5.57 Å². The van der Waals surface area contributed by atoms with E-state index < -0.39 is 0 Å². The van der Waals surface area contributed by atoms with Gasteiger partial charge < -0.3 is 4.74 Å². The van der Waals surface area contributed by atoms with Gasteiger partial charge in [0.05, 0.1) is 12.5 Å². The Bertz CT molecular complexity index is 659. The molecule has 0 bridgehead atoms. The lowest BCUT2D eigenvalue weighted by molar-refractivity contribution is -0.148. The van der Waals surface area contributed by atoms with E-state index in [0.29, 0.717) is 6.61 Å². The first kappa shape index (κ1) is 14.6. The molecule has 0 aromatic heterocycles. The number of hydrogen-bond donors (Lipinski definition) is 0. The Labute approximate surface area is 131 Å². The van der Waals surface area contributed by atoms with Crippen molar-refractivity contribution in [1.82, 2.24) is 0 Å². The van der Waals surface area contributed by atoms with Crippen LogP contribution in [-0.4, -0.2) is 12.6 Å². The minimum Gasteiger partial charge on any atom is -0.466 e. The van der Waals surface area contributed by atoms with Crippen molar-refractivity contribution in [3.05, 3.63) is 77.9 Å². The summed E-state index contributed by atoms with van der Waals surface area (Å²) in [6.45, 7) is 2.29. The molecule has 1 aliphatic rings. The monoisotopic (exact) mass is 292 g/mol. The third-order valence-corrected chi connectivity index (χ3v) is 4.17. The zero-order valence-corrected chi connectivity index (χ0v) is 12.7. The van der Waals surface area contributed by atoms with Gasteiger partial charge in [0.1, 0.15) is 0 Å². The van der Waals surface area contributed by atoms with E-state index in [-0.39, 0.29) is 17.8 Å². The Morgan fingerprint density at radius 3 is 2.32 bits per heavy atom. The zero-order chi connectivity index (χ0) is 15.4. The topological polar surface area (TPSA) is 26.3 Å². The molecule has 1 aliphatic carbocycles. The number of hydrogen-bond acceptors (Lipinski definition) is 2. The minimum absolute atomic E-state index is 0.0930. The molecule has 2 aromatic carbocycles. The SMILES string of the molecule is CCOC(=O)C1CC(c2ccccc2)=CC1c1ccccc1. The molecule has 0 spiro atoms. The van der Waals surface area contributed by atoms with Crippen molar-refractivity contribution in [3.8, 4) is 0 Å². The van der Waals surface area contributed by atoms with Crippen molar-refractivity contribution in [3.63, 3.8) is 0 Å². The third kappa shape index (κ3) is 2.96.